The first-order valence-electron chi connectivity index (χ1n) is 5.63. The van der Waals surface area contributed by atoms with Gasteiger partial charge in [0, 0.05) is 25.7 Å². The molecule has 0 aliphatic carbocycles. The van der Waals surface area contributed by atoms with Crippen molar-refractivity contribution in [3.05, 3.63) is 16.7 Å². The zero-order chi connectivity index (χ0) is 13.0. The van der Waals surface area contributed by atoms with Gasteiger partial charge in [-0.15, -0.1) is 0 Å². The first kappa shape index (κ1) is 12.5. The number of hydrogen-bond acceptors (Lipinski definition) is 6. The lowest BCUT2D eigenvalue weighted by atomic mass is 10.1. The third-order valence-corrected chi connectivity index (χ3v) is 2.65. The third-order valence-electron chi connectivity index (χ3n) is 2.65. The molecule has 0 radical (unpaired) electrons. The predicted octanol–water partition coefficient (Wildman–Crippen LogP) is -0.951. The van der Waals surface area contributed by atoms with E-state index >= 15 is 0 Å². The molecule has 2 aromatic rings. The number of aliphatic hydroxyl groups is 2. The zero-order valence-electron chi connectivity index (χ0n) is 9.68. The second-order valence-electron chi connectivity index (χ2n) is 3.96. The second kappa shape index (κ2) is 5.61. The lowest BCUT2D eigenvalue weighted by Crippen LogP contribution is -2.22. The van der Waals surface area contributed by atoms with Crippen molar-refractivity contribution in [1.82, 2.24) is 19.9 Å². The Balaban J connectivity index is 2.09. The molecule has 8 heteroatoms. The average molecular weight is 253 g/mol. The molecule has 0 bridgehead atoms. The molecule has 98 valence electrons. The largest absolute Gasteiger partial charge is 0.396 e. The van der Waals surface area contributed by atoms with E-state index in [1.807, 2.05) is 0 Å². The summed E-state index contributed by atoms with van der Waals surface area (Å²) in [6, 6.07) is 0. The van der Waals surface area contributed by atoms with Crippen LogP contribution in [0.25, 0.3) is 11.2 Å². The Bertz CT molecular complexity index is 564. The Labute approximate surface area is 102 Å². The van der Waals surface area contributed by atoms with Crippen LogP contribution in [-0.2, 0) is 0 Å². The van der Waals surface area contributed by atoms with Crippen LogP contribution in [0.3, 0.4) is 0 Å². The van der Waals surface area contributed by atoms with Crippen LogP contribution < -0.4 is 10.9 Å². The monoisotopic (exact) mass is 253 g/mol. The molecule has 1 unspecified atom stereocenters. The zero-order valence-corrected chi connectivity index (χ0v) is 9.68. The molecule has 2 heterocycles. The van der Waals surface area contributed by atoms with Crippen LogP contribution in [0, 0.1) is 5.92 Å². The minimum absolute atomic E-state index is 0.00918. The summed E-state index contributed by atoms with van der Waals surface area (Å²) in [5.74, 6) is 0.214. The molecule has 0 fully saturated rings. The highest BCUT2D eigenvalue weighted by Gasteiger charge is 2.09. The van der Waals surface area contributed by atoms with Gasteiger partial charge in [-0.25, -0.2) is 4.98 Å². The quantitative estimate of drug-likeness (QED) is 0.451. The second-order valence-corrected chi connectivity index (χ2v) is 3.96. The van der Waals surface area contributed by atoms with Crippen LogP contribution in [0.15, 0.2) is 11.1 Å². The molecule has 2 rings (SSSR count). The lowest BCUT2D eigenvalue weighted by molar-refractivity contribution is 0.190. The van der Waals surface area contributed by atoms with Gasteiger partial charge in [0.2, 0.25) is 5.95 Å². The Morgan fingerprint density at radius 1 is 1.44 bits per heavy atom. The van der Waals surface area contributed by atoms with E-state index in [0.717, 1.165) is 0 Å². The smallest absolute Gasteiger partial charge is 0.278 e. The summed E-state index contributed by atoms with van der Waals surface area (Å²) in [6.45, 7) is 0.383. The standard InChI is InChI=1S/C10H15N5O3/c16-2-1-6(4-17)3-11-10-14-8-7(9(18)15-10)12-5-13-8/h5-6,16-17H,1-4H2,(H3,11,12,13,14,15,18). The number of aliphatic hydroxyl groups excluding tert-OH is 2. The molecule has 8 nitrogen and oxygen atoms in total. The highest BCUT2D eigenvalue weighted by Crippen LogP contribution is 2.05. The molecule has 5 N–H and O–H groups in total. The predicted molar refractivity (Wildman–Crippen MR) is 65.3 cm³/mol. The number of hydrogen-bond donors (Lipinski definition) is 5. The SMILES string of the molecule is O=c1[nH]c(NCC(CO)CCO)nc2nc[nH]c12. The molecule has 1 atom stereocenters. The number of rotatable bonds is 6. The van der Waals surface area contributed by atoms with E-state index in [1.165, 1.54) is 6.33 Å². The van der Waals surface area contributed by atoms with Crippen LogP contribution in [-0.4, -0.2) is 49.9 Å². The van der Waals surface area contributed by atoms with Crippen molar-refractivity contribution in [3.63, 3.8) is 0 Å². The van der Waals surface area contributed by atoms with E-state index < -0.39 is 0 Å². The summed E-state index contributed by atoms with van der Waals surface area (Å²) in [7, 11) is 0. The van der Waals surface area contributed by atoms with Gasteiger partial charge in [0.05, 0.1) is 6.33 Å². The fourth-order valence-corrected chi connectivity index (χ4v) is 1.61. The topological polar surface area (TPSA) is 127 Å². The highest BCUT2D eigenvalue weighted by atomic mass is 16.3. The number of anilines is 1. The van der Waals surface area contributed by atoms with Gasteiger partial charge in [-0.05, 0) is 6.42 Å². The van der Waals surface area contributed by atoms with Crippen LogP contribution in [0.1, 0.15) is 6.42 Å². The number of H-pyrrole nitrogens is 2. The van der Waals surface area contributed by atoms with Crippen molar-refractivity contribution in [2.45, 2.75) is 6.42 Å². The maximum absolute atomic E-state index is 11.6. The lowest BCUT2D eigenvalue weighted by Gasteiger charge is -2.13. The summed E-state index contributed by atoms with van der Waals surface area (Å²) >= 11 is 0. The molecule has 0 amide bonds. The number of aromatic amines is 2. The molecule has 0 aromatic carbocycles. The van der Waals surface area contributed by atoms with E-state index in [4.69, 9.17) is 10.2 Å². The number of nitrogens with zero attached hydrogens (tertiary/aromatic N) is 2. The number of imidazole rings is 1. The maximum Gasteiger partial charge on any atom is 0.278 e. The number of aromatic nitrogens is 4. The Hall–Kier alpha value is -1.93. The molecule has 0 aliphatic heterocycles. The molecule has 2 aromatic heterocycles. The summed E-state index contributed by atoms with van der Waals surface area (Å²) in [6.07, 6.45) is 1.89. The number of nitrogens with one attached hydrogen (secondary N) is 3. The minimum Gasteiger partial charge on any atom is -0.396 e. The first-order chi connectivity index (χ1) is 8.74. The van der Waals surface area contributed by atoms with Crippen molar-refractivity contribution in [3.8, 4) is 0 Å². The molecule has 0 aliphatic rings. The Morgan fingerprint density at radius 2 is 2.28 bits per heavy atom. The van der Waals surface area contributed by atoms with E-state index in [-0.39, 0.29) is 24.7 Å². The summed E-state index contributed by atoms with van der Waals surface area (Å²) in [5, 5.41) is 20.8. The minimum atomic E-state index is -0.303. The van der Waals surface area contributed by atoms with Gasteiger partial charge in [-0.2, -0.15) is 4.98 Å². The summed E-state index contributed by atoms with van der Waals surface area (Å²) < 4.78 is 0. The fourth-order valence-electron chi connectivity index (χ4n) is 1.61. The Morgan fingerprint density at radius 3 is 3.00 bits per heavy atom. The van der Waals surface area contributed by atoms with Crippen LogP contribution >= 0.6 is 0 Å². The fraction of sp³-hybridized carbons (Fsp3) is 0.500. The molecule has 0 saturated carbocycles. The van der Waals surface area contributed by atoms with Gasteiger partial charge in [-0.3, -0.25) is 9.78 Å². The average Bonchev–Trinajstić information content (AvgIpc) is 2.83. The van der Waals surface area contributed by atoms with Gasteiger partial charge in [-0.1, -0.05) is 0 Å². The van der Waals surface area contributed by atoms with Crippen molar-refractivity contribution in [2.24, 2.45) is 5.92 Å². The Kier molecular flexibility index (Phi) is 3.90. The van der Waals surface area contributed by atoms with Crippen molar-refractivity contribution < 1.29 is 10.2 Å². The molecular weight excluding hydrogens is 238 g/mol. The van der Waals surface area contributed by atoms with E-state index in [0.29, 0.717) is 30.1 Å². The van der Waals surface area contributed by atoms with Crippen LogP contribution in [0.2, 0.25) is 0 Å². The molecule has 0 saturated heterocycles. The van der Waals surface area contributed by atoms with Gasteiger partial charge < -0.3 is 20.5 Å². The molecule has 0 spiro atoms. The van der Waals surface area contributed by atoms with Crippen molar-refractivity contribution in [2.75, 3.05) is 25.1 Å². The normalized spacial score (nSPS) is 12.8. The number of fused-ring (bicyclic) bond motifs is 1. The van der Waals surface area contributed by atoms with Gasteiger partial charge >= 0.3 is 0 Å². The van der Waals surface area contributed by atoms with Gasteiger partial charge in [0.1, 0.15) is 0 Å². The first-order valence-corrected chi connectivity index (χ1v) is 5.63. The third kappa shape index (κ3) is 2.66. The molecular formula is C10H15N5O3. The summed E-state index contributed by atoms with van der Waals surface area (Å²) in [5.41, 5.74) is 0.362. The summed E-state index contributed by atoms with van der Waals surface area (Å²) in [4.78, 5) is 24.9. The van der Waals surface area contributed by atoms with Crippen molar-refractivity contribution in [1.29, 1.82) is 0 Å². The van der Waals surface area contributed by atoms with Gasteiger partial charge in [0.25, 0.3) is 5.56 Å². The van der Waals surface area contributed by atoms with Gasteiger partial charge in [0.15, 0.2) is 11.2 Å². The van der Waals surface area contributed by atoms with Crippen LogP contribution in [0.4, 0.5) is 5.95 Å². The van der Waals surface area contributed by atoms with Crippen molar-refractivity contribution >= 4 is 17.1 Å². The van der Waals surface area contributed by atoms with E-state index in [9.17, 15) is 4.79 Å². The van der Waals surface area contributed by atoms with E-state index in [2.05, 4.69) is 25.3 Å². The van der Waals surface area contributed by atoms with Crippen LogP contribution in [0.5, 0.6) is 0 Å². The molecule has 18 heavy (non-hydrogen) atoms. The highest BCUT2D eigenvalue weighted by molar-refractivity contribution is 5.69. The maximum atomic E-state index is 11.6. The van der Waals surface area contributed by atoms with E-state index in [1.54, 1.807) is 0 Å².